The second-order valence-corrected chi connectivity index (χ2v) is 3.84. The van der Waals surface area contributed by atoms with Gasteiger partial charge in [0.1, 0.15) is 5.65 Å². The molecule has 0 aliphatic carbocycles. The molecular weight excluding hydrogens is 212 g/mol. The van der Waals surface area contributed by atoms with Gasteiger partial charge in [-0.25, -0.2) is 4.98 Å². The van der Waals surface area contributed by atoms with Crippen LogP contribution in [-0.2, 0) is 6.54 Å². The van der Waals surface area contributed by atoms with Crippen LogP contribution in [0.3, 0.4) is 0 Å². The second-order valence-electron chi connectivity index (χ2n) is 3.84. The molecule has 0 aromatic carbocycles. The number of nitrogens with two attached hydrogens (primary N) is 1. The predicted octanol–water partition coefficient (Wildman–Crippen LogP) is 2.08. The first-order valence-corrected chi connectivity index (χ1v) is 5.46. The smallest absolute Gasteiger partial charge is 0.137 e. The average Bonchev–Trinajstić information content (AvgIpc) is 2.82. The first-order chi connectivity index (χ1) is 8.38. The van der Waals surface area contributed by atoms with Gasteiger partial charge in [0.2, 0.25) is 0 Å². The van der Waals surface area contributed by atoms with Crippen LogP contribution in [0, 0.1) is 0 Å². The van der Waals surface area contributed by atoms with Crippen molar-refractivity contribution in [2.45, 2.75) is 6.54 Å². The van der Waals surface area contributed by atoms with E-state index >= 15 is 0 Å². The number of nitrogens with zero attached hydrogens (tertiary/aromatic N) is 2. The molecule has 4 heteroatoms. The van der Waals surface area contributed by atoms with Crippen LogP contribution in [0.1, 0.15) is 5.69 Å². The Morgan fingerprint density at radius 2 is 2.12 bits per heavy atom. The van der Waals surface area contributed by atoms with Gasteiger partial charge in [-0.05, 0) is 29.8 Å². The van der Waals surface area contributed by atoms with Crippen molar-refractivity contribution in [3.05, 3.63) is 48.5 Å². The summed E-state index contributed by atoms with van der Waals surface area (Å²) < 4.78 is 0. The normalized spacial score (nSPS) is 10.9. The zero-order valence-electron chi connectivity index (χ0n) is 9.22. The molecule has 0 aliphatic heterocycles. The van der Waals surface area contributed by atoms with E-state index in [-0.39, 0.29) is 0 Å². The molecule has 84 valence electrons. The van der Waals surface area contributed by atoms with Gasteiger partial charge in [-0.1, -0.05) is 0 Å². The van der Waals surface area contributed by atoms with Crippen molar-refractivity contribution in [2.24, 2.45) is 5.73 Å². The minimum Gasteiger partial charge on any atom is -0.346 e. The Morgan fingerprint density at radius 3 is 3.00 bits per heavy atom. The van der Waals surface area contributed by atoms with E-state index in [4.69, 9.17) is 5.73 Å². The highest BCUT2D eigenvalue weighted by molar-refractivity contribution is 5.93. The molecule has 0 radical (unpaired) electrons. The monoisotopic (exact) mass is 224 g/mol. The number of H-pyrrole nitrogens is 1. The molecular formula is C13H12N4. The van der Waals surface area contributed by atoms with Gasteiger partial charge in [-0.2, -0.15) is 0 Å². The van der Waals surface area contributed by atoms with Crippen molar-refractivity contribution in [3.8, 4) is 11.1 Å². The third-order valence-corrected chi connectivity index (χ3v) is 2.79. The van der Waals surface area contributed by atoms with E-state index in [0.717, 1.165) is 27.9 Å². The molecule has 0 unspecified atom stereocenters. The van der Waals surface area contributed by atoms with Crippen molar-refractivity contribution in [2.75, 3.05) is 0 Å². The molecule has 0 fully saturated rings. The standard InChI is InChI=1S/C13H12N4/c14-7-10-6-9(3-5-15-10)12-8-17-13-11(12)2-1-4-16-13/h1-6,8H,7,14H2,(H,16,17). The molecule has 0 amide bonds. The Kier molecular flexibility index (Phi) is 2.34. The van der Waals surface area contributed by atoms with Crippen LogP contribution >= 0.6 is 0 Å². The highest BCUT2D eigenvalue weighted by Crippen LogP contribution is 2.27. The van der Waals surface area contributed by atoms with Gasteiger partial charge in [0, 0.05) is 36.1 Å². The molecule has 3 heterocycles. The molecule has 17 heavy (non-hydrogen) atoms. The Bertz CT molecular complexity index is 657. The third kappa shape index (κ3) is 1.68. The summed E-state index contributed by atoms with van der Waals surface area (Å²) in [7, 11) is 0. The fourth-order valence-corrected chi connectivity index (χ4v) is 1.95. The topological polar surface area (TPSA) is 67.6 Å². The fourth-order valence-electron chi connectivity index (χ4n) is 1.95. The van der Waals surface area contributed by atoms with E-state index < -0.39 is 0 Å². The molecule has 0 bridgehead atoms. The van der Waals surface area contributed by atoms with E-state index in [0.29, 0.717) is 6.54 Å². The maximum atomic E-state index is 5.60. The van der Waals surface area contributed by atoms with Crippen LogP contribution in [0.15, 0.2) is 42.9 Å². The summed E-state index contributed by atoms with van der Waals surface area (Å²) in [6, 6.07) is 7.98. The highest BCUT2D eigenvalue weighted by atomic mass is 14.8. The maximum absolute atomic E-state index is 5.60. The number of nitrogens with one attached hydrogen (secondary N) is 1. The molecule has 3 N–H and O–H groups in total. The number of aromatic amines is 1. The lowest BCUT2D eigenvalue weighted by atomic mass is 10.1. The maximum Gasteiger partial charge on any atom is 0.137 e. The van der Waals surface area contributed by atoms with Gasteiger partial charge >= 0.3 is 0 Å². The SMILES string of the molecule is NCc1cc(-c2c[nH]c3ncccc23)ccn1. The minimum absolute atomic E-state index is 0.453. The number of rotatable bonds is 2. The summed E-state index contributed by atoms with van der Waals surface area (Å²) in [6.45, 7) is 0.453. The highest BCUT2D eigenvalue weighted by Gasteiger charge is 2.06. The number of fused-ring (bicyclic) bond motifs is 1. The van der Waals surface area contributed by atoms with Crippen LogP contribution in [-0.4, -0.2) is 15.0 Å². The fraction of sp³-hybridized carbons (Fsp3) is 0.0769. The van der Waals surface area contributed by atoms with Gasteiger partial charge in [-0.15, -0.1) is 0 Å². The van der Waals surface area contributed by atoms with Crippen LogP contribution in [0.2, 0.25) is 0 Å². The zero-order valence-corrected chi connectivity index (χ0v) is 9.22. The van der Waals surface area contributed by atoms with Crippen molar-refractivity contribution < 1.29 is 0 Å². The molecule has 0 aliphatic rings. The Hall–Kier alpha value is -2.20. The van der Waals surface area contributed by atoms with Crippen molar-refractivity contribution in [1.82, 2.24) is 15.0 Å². The van der Waals surface area contributed by atoms with Crippen LogP contribution in [0.4, 0.5) is 0 Å². The van der Waals surface area contributed by atoms with Crippen LogP contribution in [0.5, 0.6) is 0 Å². The predicted molar refractivity (Wildman–Crippen MR) is 67.2 cm³/mol. The largest absolute Gasteiger partial charge is 0.346 e. The Balaban J connectivity index is 2.20. The molecule has 3 aromatic heterocycles. The van der Waals surface area contributed by atoms with E-state index in [2.05, 4.69) is 21.0 Å². The first-order valence-electron chi connectivity index (χ1n) is 5.46. The quantitative estimate of drug-likeness (QED) is 0.700. The van der Waals surface area contributed by atoms with Crippen molar-refractivity contribution >= 4 is 11.0 Å². The summed E-state index contributed by atoms with van der Waals surface area (Å²) in [6.07, 6.45) is 5.53. The molecule has 0 saturated heterocycles. The number of hydrogen-bond donors (Lipinski definition) is 2. The summed E-state index contributed by atoms with van der Waals surface area (Å²) in [4.78, 5) is 11.6. The van der Waals surface area contributed by atoms with E-state index in [1.807, 2.05) is 24.4 Å². The lowest BCUT2D eigenvalue weighted by molar-refractivity contribution is 0.992. The zero-order chi connectivity index (χ0) is 11.7. The van der Waals surface area contributed by atoms with Crippen molar-refractivity contribution in [1.29, 1.82) is 0 Å². The Labute approximate surface area is 98.5 Å². The van der Waals surface area contributed by atoms with Gasteiger partial charge < -0.3 is 10.7 Å². The molecule has 0 saturated carbocycles. The van der Waals surface area contributed by atoms with Crippen LogP contribution in [0.25, 0.3) is 22.2 Å². The lowest BCUT2D eigenvalue weighted by Crippen LogP contribution is -1.98. The van der Waals surface area contributed by atoms with Gasteiger partial charge in [0.25, 0.3) is 0 Å². The minimum atomic E-state index is 0.453. The molecule has 0 atom stereocenters. The molecule has 3 aromatic rings. The van der Waals surface area contributed by atoms with E-state index in [1.165, 1.54) is 0 Å². The van der Waals surface area contributed by atoms with Gasteiger partial charge in [0.15, 0.2) is 0 Å². The van der Waals surface area contributed by atoms with Gasteiger partial charge in [0.05, 0.1) is 5.69 Å². The van der Waals surface area contributed by atoms with Gasteiger partial charge in [-0.3, -0.25) is 4.98 Å². The average molecular weight is 224 g/mol. The summed E-state index contributed by atoms with van der Waals surface area (Å²) in [5, 5.41) is 1.11. The number of pyridine rings is 2. The second kappa shape index (κ2) is 3.99. The summed E-state index contributed by atoms with van der Waals surface area (Å²) in [5.74, 6) is 0. The molecule has 4 nitrogen and oxygen atoms in total. The Morgan fingerprint density at radius 1 is 1.18 bits per heavy atom. The van der Waals surface area contributed by atoms with E-state index in [9.17, 15) is 0 Å². The summed E-state index contributed by atoms with van der Waals surface area (Å²) in [5.41, 5.74) is 9.63. The summed E-state index contributed by atoms with van der Waals surface area (Å²) >= 11 is 0. The third-order valence-electron chi connectivity index (χ3n) is 2.79. The number of aromatic nitrogens is 3. The van der Waals surface area contributed by atoms with Crippen LogP contribution < -0.4 is 5.73 Å². The van der Waals surface area contributed by atoms with E-state index in [1.54, 1.807) is 12.4 Å². The lowest BCUT2D eigenvalue weighted by Gasteiger charge is -2.01. The molecule has 0 spiro atoms. The number of hydrogen-bond acceptors (Lipinski definition) is 3. The molecule has 3 rings (SSSR count). The first kappa shape index (κ1) is 9.99. The van der Waals surface area contributed by atoms with Crippen molar-refractivity contribution in [3.63, 3.8) is 0 Å².